The van der Waals surface area contributed by atoms with E-state index in [9.17, 15) is 4.79 Å². The smallest absolute Gasteiger partial charge is 0.203 e. The predicted octanol–water partition coefficient (Wildman–Crippen LogP) is 2.39. The Bertz CT molecular complexity index is 390. The second-order valence-corrected chi connectivity index (χ2v) is 4.81. The predicted molar refractivity (Wildman–Crippen MR) is 64.8 cm³/mol. The number of hydrogen-bond acceptors (Lipinski definition) is 4. The van der Waals surface area contributed by atoms with Crippen molar-refractivity contribution < 1.29 is 14.3 Å². The number of fused-ring (bicyclic) bond motifs is 1. The highest BCUT2D eigenvalue weighted by atomic mass is 32.2. The van der Waals surface area contributed by atoms with E-state index in [1.807, 2.05) is 17.8 Å². The quantitative estimate of drug-likeness (QED) is 0.738. The number of hydrogen-bond donors (Lipinski definition) is 0. The zero-order valence-electron chi connectivity index (χ0n) is 9.19. The summed E-state index contributed by atoms with van der Waals surface area (Å²) in [7, 11) is 0. The fourth-order valence-electron chi connectivity index (χ4n) is 1.53. The van der Waals surface area contributed by atoms with Gasteiger partial charge in [-0.1, -0.05) is 6.92 Å². The first-order valence-electron chi connectivity index (χ1n) is 5.32. The number of benzene rings is 1. The van der Waals surface area contributed by atoms with Crippen LogP contribution in [0.2, 0.25) is 0 Å². The van der Waals surface area contributed by atoms with Gasteiger partial charge in [-0.2, -0.15) is 11.8 Å². The molecule has 0 saturated heterocycles. The number of carbonyl (C=O) groups excluding carboxylic acids is 1. The molecular formula is C12H14O3S. The lowest BCUT2D eigenvalue weighted by Gasteiger charge is -2.06. The topological polar surface area (TPSA) is 35.5 Å². The van der Waals surface area contributed by atoms with Gasteiger partial charge >= 0.3 is 0 Å². The maximum Gasteiger partial charge on any atom is 0.203 e. The first kappa shape index (κ1) is 11.3. The molecule has 0 N–H and O–H groups in total. The number of thioether (sulfide) groups is 1. The molecule has 0 aliphatic carbocycles. The first-order valence-corrected chi connectivity index (χ1v) is 6.47. The lowest BCUT2D eigenvalue weighted by Crippen LogP contribution is -2.00. The summed E-state index contributed by atoms with van der Waals surface area (Å²) in [5.41, 5.74) is 0.662. The van der Waals surface area contributed by atoms with E-state index >= 15 is 0 Å². The van der Waals surface area contributed by atoms with E-state index in [2.05, 4.69) is 6.92 Å². The van der Waals surface area contributed by atoms with Crippen molar-refractivity contribution in [2.75, 3.05) is 24.7 Å². The van der Waals surface area contributed by atoms with Gasteiger partial charge in [0.15, 0.2) is 6.61 Å². The monoisotopic (exact) mass is 238 g/mol. The van der Waals surface area contributed by atoms with Gasteiger partial charge in [0, 0.05) is 11.8 Å². The number of rotatable bonds is 5. The molecule has 86 valence electrons. The second kappa shape index (κ2) is 5.25. The zero-order chi connectivity index (χ0) is 11.4. The van der Waals surface area contributed by atoms with Crippen LogP contribution in [-0.4, -0.2) is 30.5 Å². The molecular weight excluding hydrogens is 224 g/mol. The molecule has 1 aromatic carbocycles. The van der Waals surface area contributed by atoms with Crippen LogP contribution in [0.25, 0.3) is 0 Å². The Morgan fingerprint density at radius 1 is 1.50 bits per heavy atom. The molecule has 0 atom stereocenters. The Labute approximate surface area is 99.1 Å². The van der Waals surface area contributed by atoms with Gasteiger partial charge in [0.05, 0.1) is 12.2 Å². The molecule has 0 spiro atoms. The van der Waals surface area contributed by atoms with Crippen LogP contribution < -0.4 is 9.47 Å². The molecule has 0 amide bonds. The molecule has 2 rings (SSSR count). The minimum Gasteiger partial charge on any atom is -0.493 e. The SMILES string of the molecule is CCSCCOc1ccc2c(c1)OCC2=O. The highest BCUT2D eigenvalue weighted by Crippen LogP contribution is 2.29. The maximum absolute atomic E-state index is 11.3. The zero-order valence-corrected chi connectivity index (χ0v) is 10.0. The van der Waals surface area contributed by atoms with E-state index in [4.69, 9.17) is 9.47 Å². The largest absolute Gasteiger partial charge is 0.493 e. The molecule has 1 aromatic rings. The van der Waals surface area contributed by atoms with Gasteiger partial charge in [0.1, 0.15) is 11.5 Å². The van der Waals surface area contributed by atoms with Gasteiger partial charge in [-0.25, -0.2) is 0 Å². The van der Waals surface area contributed by atoms with Crippen molar-refractivity contribution in [3.8, 4) is 11.5 Å². The Kier molecular flexibility index (Phi) is 3.72. The third-order valence-electron chi connectivity index (χ3n) is 2.31. The van der Waals surface area contributed by atoms with E-state index < -0.39 is 0 Å². The molecule has 0 fully saturated rings. The molecule has 0 unspecified atom stereocenters. The summed E-state index contributed by atoms with van der Waals surface area (Å²) in [5, 5.41) is 0. The Morgan fingerprint density at radius 2 is 2.38 bits per heavy atom. The number of Topliss-reactive ketones (excluding diaryl/α,β-unsaturated/α-hetero) is 1. The molecule has 0 saturated carbocycles. The Balaban J connectivity index is 1.94. The van der Waals surface area contributed by atoms with Gasteiger partial charge in [-0.05, 0) is 17.9 Å². The highest BCUT2D eigenvalue weighted by molar-refractivity contribution is 7.99. The van der Waals surface area contributed by atoms with E-state index in [0.29, 0.717) is 17.9 Å². The fraction of sp³-hybridized carbons (Fsp3) is 0.417. The van der Waals surface area contributed by atoms with Crippen LogP contribution in [0, 0.1) is 0 Å². The summed E-state index contributed by atoms with van der Waals surface area (Å²) in [6.45, 7) is 2.97. The molecule has 1 aliphatic rings. The molecule has 1 aliphatic heterocycles. The van der Waals surface area contributed by atoms with Crippen molar-refractivity contribution in [1.29, 1.82) is 0 Å². The van der Waals surface area contributed by atoms with Crippen molar-refractivity contribution in [2.24, 2.45) is 0 Å². The Morgan fingerprint density at radius 3 is 3.19 bits per heavy atom. The summed E-state index contributed by atoms with van der Waals surface area (Å²) in [5.74, 6) is 3.54. The van der Waals surface area contributed by atoms with Gasteiger partial charge in [0.25, 0.3) is 0 Å². The normalized spacial score (nSPS) is 13.4. The molecule has 0 bridgehead atoms. The van der Waals surface area contributed by atoms with Gasteiger partial charge < -0.3 is 9.47 Å². The second-order valence-electron chi connectivity index (χ2n) is 3.42. The van der Waals surface area contributed by atoms with E-state index in [1.54, 1.807) is 12.1 Å². The molecule has 4 heteroatoms. The van der Waals surface area contributed by atoms with Gasteiger partial charge in [-0.3, -0.25) is 4.79 Å². The van der Waals surface area contributed by atoms with Crippen molar-refractivity contribution in [1.82, 2.24) is 0 Å². The molecule has 0 radical (unpaired) electrons. The average molecular weight is 238 g/mol. The van der Waals surface area contributed by atoms with Crippen LogP contribution in [-0.2, 0) is 0 Å². The van der Waals surface area contributed by atoms with Crippen LogP contribution >= 0.6 is 11.8 Å². The van der Waals surface area contributed by atoms with Crippen LogP contribution in [0.5, 0.6) is 11.5 Å². The minimum absolute atomic E-state index is 0.0445. The van der Waals surface area contributed by atoms with Crippen molar-refractivity contribution >= 4 is 17.5 Å². The van der Waals surface area contributed by atoms with Gasteiger partial charge in [-0.15, -0.1) is 0 Å². The van der Waals surface area contributed by atoms with Crippen LogP contribution in [0.1, 0.15) is 17.3 Å². The lowest BCUT2D eigenvalue weighted by molar-refractivity contribution is 0.0961. The maximum atomic E-state index is 11.3. The van der Waals surface area contributed by atoms with Crippen LogP contribution in [0.3, 0.4) is 0 Å². The van der Waals surface area contributed by atoms with Crippen LogP contribution in [0.4, 0.5) is 0 Å². The van der Waals surface area contributed by atoms with E-state index in [0.717, 1.165) is 17.3 Å². The van der Waals surface area contributed by atoms with Crippen molar-refractivity contribution in [3.05, 3.63) is 23.8 Å². The summed E-state index contributed by atoms with van der Waals surface area (Å²) in [4.78, 5) is 11.3. The lowest BCUT2D eigenvalue weighted by atomic mass is 10.1. The standard InChI is InChI=1S/C12H14O3S/c1-2-16-6-5-14-9-3-4-10-11(13)8-15-12(10)7-9/h3-4,7H,2,5-6,8H2,1H3. The average Bonchev–Trinajstić information content (AvgIpc) is 2.66. The molecule has 3 nitrogen and oxygen atoms in total. The number of ketones is 1. The first-order chi connectivity index (χ1) is 7.81. The number of carbonyl (C=O) groups is 1. The summed E-state index contributed by atoms with van der Waals surface area (Å²) in [6, 6.07) is 5.38. The van der Waals surface area contributed by atoms with Crippen molar-refractivity contribution in [3.63, 3.8) is 0 Å². The third kappa shape index (κ3) is 2.50. The number of ether oxygens (including phenoxy) is 2. The van der Waals surface area contributed by atoms with Crippen LogP contribution in [0.15, 0.2) is 18.2 Å². The summed E-state index contributed by atoms with van der Waals surface area (Å²) < 4.78 is 10.8. The molecule has 0 aromatic heterocycles. The van der Waals surface area contributed by atoms with Gasteiger partial charge in [0.2, 0.25) is 5.78 Å². The molecule has 16 heavy (non-hydrogen) atoms. The molecule has 1 heterocycles. The summed E-state index contributed by atoms with van der Waals surface area (Å²) in [6.07, 6.45) is 0. The minimum atomic E-state index is 0.0445. The van der Waals surface area contributed by atoms with E-state index in [1.165, 1.54) is 0 Å². The van der Waals surface area contributed by atoms with Crippen molar-refractivity contribution in [2.45, 2.75) is 6.92 Å². The summed E-state index contributed by atoms with van der Waals surface area (Å²) >= 11 is 1.84. The Hall–Kier alpha value is -1.16. The third-order valence-corrected chi connectivity index (χ3v) is 3.18. The van der Waals surface area contributed by atoms with E-state index in [-0.39, 0.29) is 12.4 Å². The fourth-order valence-corrected chi connectivity index (χ4v) is 2.02. The highest BCUT2D eigenvalue weighted by Gasteiger charge is 2.21.